The van der Waals surface area contributed by atoms with Gasteiger partial charge in [0.05, 0.1) is 12.2 Å². The van der Waals surface area contributed by atoms with Crippen molar-refractivity contribution < 1.29 is 13.9 Å². The Kier molecular flexibility index (Phi) is 3.75. The number of aliphatic hydroxyl groups is 1. The van der Waals surface area contributed by atoms with Crippen molar-refractivity contribution in [3.05, 3.63) is 29.8 Å². The summed E-state index contributed by atoms with van der Waals surface area (Å²) in [6, 6.07) is 3.65. The first-order chi connectivity index (χ1) is 6.65. The van der Waals surface area contributed by atoms with Crippen molar-refractivity contribution in [1.82, 2.24) is 5.43 Å². The molecule has 1 atom stereocenters. The third-order valence-corrected chi connectivity index (χ3v) is 1.58. The summed E-state index contributed by atoms with van der Waals surface area (Å²) in [4.78, 5) is 0. The molecule has 1 aromatic carbocycles. The van der Waals surface area contributed by atoms with E-state index in [1.54, 1.807) is 0 Å². The Hall–Kier alpha value is -1.24. The highest BCUT2D eigenvalue weighted by Crippen LogP contribution is 2.16. The average Bonchev–Trinajstić information content (AvgIpc) is 2.13. The van der Waals surface area contributed by atoms with Gasteiger partial charge in [-0.15, -0.1) is 0 Å². The van der Waals surface area contributed by atoms with Crippen LogP contribution in [-0.2, 0) is 0 Å². The van der Waals surface area contributed by atoms with Gasteiger partial charge in [0.25, 0.3) is 0 Å². The lowest BCUT2D eigenvalue weighted by Crippen LogP contribution is -2.36. The van der Waals surface area contributed by atoms with Crippen LogP contribution in [0, 0.1) is 11.6 Å². The molecule has 0 bridgehead atoms. The minimum absolute atomic E-state index is 0.0238. The fourth-order valence-corrected chi connectivity index (χ4v) is 0.957. The molecule has 0 saturated carbocycles. The highest BCUT2D eigenvalue weighted by atomic mass is 19.2. The lowest BCUT2D eigenvalue weighted by molar-refractivity contribution is 0.199. The lowest BCUT2D eigenvalue weighted by Gasteiger charge is -2.13. The molecule has 0 spiro atoms. The Bertz CT molecular complexity index is 309. The van der Waals surface area contributed by atoms with Crippen molar-refractivity contribution >= 4 is 5.69 Å². The molecule has 4 nitrogen and oxygen atoms in total. The summed E-state index contributed by atoms with van der Waals surface area (Å²) in [5.41, 5.74) is 2.09. The van der Waals surface area contributed by atoms with E-state index in [1.807, 2.05) is 0 Å². The second-order valence-corrected chi connectivity index (χ2v) is 2.67. The van der Waals surface area contributed by atoms with Gasteiger partial charge >= 0.3 is 0 Å². The quantitative estimate of drug-likeness (QED) is 0.319. The van der Waals surface area contributed by atoms with Gasteiger partial charge in [0.1, 0.15) is 6.23 Å². The number of hydrogen-bond acceptors (Lipinski definition) is 4. The first-order valence-electron chi connectivity index (χ1n) is 3.97. The maximum absolute atomic E-state index is 13.0. The maximum atomic E-state index is 13.0. The van der Waals surface area contributed by atoms with Crippen molar-refractivity contribution in [2.24, 2.45) is 5.84 Å². The fraction of sp³-hybridized carbons (Fsp3) is 0.250. The molecule has 78 valence electrons. The molecule has 0 aromatic heterocycles. The summed E-state index contributed by atoms with van der Waals surface area (Å²) >= 11 is 0. The maximum Gasteiger partial charge on any atom is 0.181 e. The summed E-state index contributed by atoms with van der Waals surface area (Å²) in [6.07, 6.45) is -1.07. The summed E-state index contributed by atoms with van der Waals surface area (Å²) in [5, 5.41) is 11.5. The highest BCUT2D eigenvalue weighted by molar-refractivity contribution is 5.45. The fourth-order valence-electron chi connectivity index (χ4n) is 0.957. The van der Waals surface area contributed by atoms with Gasteiger partial charge in [-0.25, -0.2) is 8.78 Å². The lowest BCUT2D eigenvalue weighted by atomic mass is 10.3. The monoisotopic (exact) mass is 203 g/mol. The molecule has 14 heavy (non-hydrogen) atoms. The van der Waals surface area contributed by atoms with Gasteiger partial charge in [-0.1, -0.05) is 6.07 Å². The molecular formula is C8H11F2N3O. The first kappa shape index (κ1) is 10.8. The van der Waals surface area contributed by atoms with E-state index >= 15 is 0 Å². The van der Waals surface area contributed by atoms with Crippen LogP contribution in [0.5, 0.6) is 0 Å². The molecule has 6 heteroatoms. The largest absolute Gasteiger partial charge is 0.372 e. The Morgan fingerprint density at radius 3 is 2.79 bits per heavy atom. The normalized spacial score (nSPS) is 12.6. The van der Waals surface area contributed by atoms with E-state index in [9.17, 15) is 13.9 Å². The number of hydrogen-bond donors (Lipinski definition) is 4. The molecule has 0 aliphatic rings. The van der Waals surface area contributed by atoms with Crippen LogP contribution in [0.15, 0.2) is 18.2 Å². The van der Waals surface area contributed by atoms with E-state index in [2.05, 4.69) is 10.7 Å². The molecule has 5 N–H and O–H groups in total. The molecule has 0 amide bonds. The number of rotatable bonds is 4. The second-order valence-electron chi connectivity index (χ2n) is 2.67. The van der Waals surface area contributed by atoms with Crippen LogP contribution in [0.1, 0.15) is 0 Å². The van der Waals surface area contributed by atoms with Gasteiger partial charge in [0, 0.05) is 0 Å². The Morgan fingerprint density at radius 2 is 2.14 bits per heavy atom. The molecule has 0 fully saturated rings. The average molecular weight is 203 g/mol. The van der Waals surface area contributed by atoms with Gasteiger partial charge < -0.3 is 10.4 Å². The van der Waals surface area contributed by atoms with Crippen molar-refractivity contribution in [1.29, 1.82) is 0 Å². The number of halogens is 2. The molecule has 0 aliphatic heterocycles. The topological polar surface area (TPSA) is 70.3 Å². The zero-order valence-corrected chi connectivity index (χ0v) is 7.30. The zero-order chi connectivity index (χ0) is 10.6. The number of nitrogens with one attached hydrogen (secondary N) is 2. The SMILES string of the molecule is NNCC(O)Nc1cccc(F)c1F. The van der Waals surface area contributed by atoms with Crippen molar-refractivity contribution in [2.45, 2.75) is 6.23 Å². The van der Waals surface area contributed by atoms with Gasteiger partial charge in [-0.3, -0.25) is 11.3 Å². The van der Waals surface area contributed by atoms with Crippen molar-refractivity contribution in [3.8, 4) is 0 Å². The summed E-state index contributed by atoms with van der Waals surface area (Å²) < 4.78 is 25.7. The Labute approximate surface area is 79.7 Å². The van der Waals surface area contributed by atoms with E-state index < -0.39 is 17.9 Å². The highest BCUT2D eigenvalue weighted by Gasteiger charge is 2.09. The van der Waals surface area contributed by atoms with Gasteiger partial charge in [0.15, 0.2) is 11.6 Å². The molecule has 0 saturated heterocycles. The molecule has 0 heterocycles. The summed E-state index contributed by atoms with van der Waals surface area (Å²) in [5.74, 6) is 2.94. The Morgan fingerprint density at radius 1 is 1.43 bits per heavy atom. The third-order valence-electron chi connectivity index (χ3n) is 1.58. The van der Waals surface area contributed by atoms with Crippen molar-refractivity contribution in [2.75, 3.05) is 11.9 Å². The van der Waals surface area contributed by atoms with E-state index in [-0.39, 0.29) is 12.2 Å². The number of aliphatic hydroxyl groups excluding tert-OH is 1. The van der Waals surface area contributed by atoms with Crippen LogP contribution in [0.3, 0.4) is 0 Å². The molecule has 1 aromatic rings. The standard InChI is InChI=1S/C8H11F2N3O/c9-5-2-1-3-6(8(5)10)13-7(14)4-12-11/h1-3,7,12-14H,4,11H2. The molecule has 0 radical (unpaired) electrons. The van der Waals surface area contributed by atoms with Crippen LogP contribution in [0.25, 0.3) is 0 Å². The molecular weight excluding hydrogens is 192 g/mol. The van der Waals surface area contributed by atoms with E-state index in [0.717, 1.165) is 6.07 Å². The third kappa shape index (κ3) is 2.63. The van der Waals surface area contributed by atoms with Gasteiger partial charge in [0.2, 0.25) is 0 Å². The van der Waals surface area contributed by atoms with Crippen LogP contribution in [0.4, 0.5) is 14.5 Å². The predicted molar refractivity (Wildman–Crippen MR) is 48.2 cm³/mol. The molecule has 1 unspecified atom stereocenters. The van der Waals surface area contributed by atoms with E-state index in [0.29, 0.717) is 0 Å². The predicted octanol–water partition coefficient (Wildman–Crippen LogP) is 0.158. The smallest absolute Gasteiger partial charge is 0.181 e. The summed E-state index contributed by atoms with van der Waals surface area (Å²) in [6.45, 7) is 0.0238. The van der Waals surface area contributed by atoms with Crippen LogP contribution >= 0.6 is 0 Å². The number of benzene rings is 1. The van der Waals surface area contributed by atoms with Crippen LogP contribution in [-0.4, -0.2) is 17.9 Å². The van der Waals surface area contributed by atoms with E-state index in [1.165, 1.54) is 12.1 Å². The minimum atomic E-state index is -1.07. The number of nitrogens with two attached hydrogens (primary N) is 1. The van der Waals surface area contributed by atoms with Crippen LogP contribution in [0.2, 0.25) is 0 Å². The van der Waals surface area contributed by atoms with Crippen molar-refractivity contribution in [3.63, 3.8) is 0 Å². The Balaban J connectivity index is 2.71. The van der Waals surface area contributed by atoms with Gasteiger partial charge in [-0.05, 0) is 12.1 Å². The summed E-state index contributed by atoms with van der Waals surface area (Å²) in [7, 11) is 0. The molecule has 0 aliphatic carbocycles. The molecule has 1 rings (SSSR count). The number of anilines is 1. The van der Waals surface area contributed by atoms with Gasteiger partial charge in [-0.2, -0.15) is 0 Å². The zero-order valence-electron chi connectivity index (χ0n) is 7.30. The van der Waals surface area contributed by atoms with E-state index in [4.69, 9.17) is 5.84 Å². The second kappa shape index (κ2) is 4.85. The first-order valence-corrected chi connectivity index (χ1v) is 3.97. The minimum Gasteiger partial charge on any atom is -0.372 e. The number of hydrazine groups is 1. The van der Waals surface area contributed by atoms with Crippen LogP contribution < -0.4 is 16.6 Å².